The first kappa shape index (κ1) is 17.3. The highest BCUT2D eigenvalue weighted by Crippen LogP contribution is 2.26. The molecule has 0 aromatic heterocycles. The lowest BCUT2D eigenvalue weighted by molar-refractivity contribution is -0.115. The average Bonchev–Trinajstić information content (AvgIpc) is 2.98. The molecule has 0 bridgehead atoms. The summed E-state index contributed by atoms with van der Waals surface area (Å²) in [5.41, 5.74) is 1.69. The normalized spacial score (nSPS) is 15.1. The fourth-order valence-electron chi connectivity index (χ4n) is 2.31. The van der Waals surface area contributed by atoms with E-state index in [1.807, 2.05) is 0 Å². The van der Waals surface area contributed by atoms with Crippen molar-refractivity contribution in [2.75, 3.05) is 14.2 Å². The number of hydrogen-bond acceptors (Lipinski definition) is 4. The van der Waals surface area contributed by atoms with E-state index in [1.165, 1.54) is 0 Å². The standard InChI is InChI=1S/C18H14Cl2N2O3/c1-24-12-7-11(8-13(9-12)25-2)17-21-16(18(23)22-17)6-10-3-4-14(19)15(20)5-10/h3-9H,1-2H3,(H,21,22,23)/b16-6+. The van der Waals surface area contributed by atoms with E-state index >= 15 is 0 Å². The molecule has 1 amide bonds. The summed E-state index contributed by atoms with van der Waals surface area (Å²) in [6.45, 7) is 0. The number of nitrogens with one attached hydrogen (secondary N) is 1. The summed E-state index contributed by atoms with van der Waals surface area (Å²) in [7, 11) is 3.12. The maximum absolute atomic E-state index is 12.2. The Morgan fingerprint density at radius 1 is 1.00 bits per heavy atom. The van der Waals surface area contributed by atoms with E-state index in [2.05, 4.69) is 10.3 Å². The van der Waals surface area contributed by atoms with E-state index in [0.29, 0.717) is 32.9 Å². The van der Waals surface area contributed by atoms with E-state index in [1.54, 1.807) is 56.7 Å². The van der Waals surface area contributed by atoms with Crippen molar-refractivity contribution in [3.05, 3.63) is 63.3 Å². The number of methoxy groups -OCH3 is 2. The Hall–Kier alpha value is -2.50. The minimum atomic E-state index is -0.303. The maximum atomic E-state index is 12.2. The third-order valence-electron chi connectivity index (χ3n) is 3.57. The van der Waals surface area contributed by atoms with Gasteiger partial charge in [-0.3, -0.25) is 4.79 Å². The molecule has 0 saturated heterocycles. The second-order valence-electron chi connectivity index (χ2n) is 5.22. The highest BCUT2D eigenvalue weighted by atomic mass is 35.5. The Balaban J connectivity index is 1.97. The van der Waals surface area contributed by atoms with Crippen LogP contribution < -0.4 is 14.8 Å². The molecule has 1 N–H and O–H groups in total. The van der Waals surface area contributed by atoms with Crippen molar-refractivity contribution in [1.82, 2.24) is 5.32 Å². The zero-order valence-corrected chi connectivity index (χ0v) is 15.0. The summed E-state index contributed by atoms with van der Waals surface area (Å²) in [6, 6.07) is 10.4. The van der Waals surface area contributed by atoms with E-state index in [9.17, 15) is 4.79 Å². The largest absolute Gasteiger partial charge is 0.497 e. The first-order valence-electron chi connectivity index (χ1n) is 7.30. The van der Waals surface area contributed by atoms with Crippen molar-refractivity contribution in [3.8, 4) is 11.5 Å². The number of rotatable bonds is 4. The van der Waals surface area contributed by atoms with Gasteiger partial charge in [-0.05, 0) is 35.9 Å². The minimum Gasteiger partial charge on any atom is -0.497 e. The fourth-order valence-corrected chi connectivity index (χ4v) is 2.62. The first-order chi connectivity index (χ1) is 12.0. The number of hydrogen-bond donors (Lipinski definition) is 1. The zero-order valence-electron chi connectivity index (χ0n) is 13.5. The molecule has 0 radical (unpaired) electrons. The van der Waals surface area contributed by atoms with Crippen LogP contribution in [-0.2, 0) is 4.79 Å². The lowest BCUT2D eigenvalue weighted by Crippen LogP contribution is -2.24. The van der Waals surface area contributed by atoms with Gasteiger partial charge in [0.15, 0.2) is 0 Å². The van der Waals surface area contributed by atoms with Crippen molar-refractivity contribution in [2.24, 2.45) is 4.99 Å². The summed E-state index contributed by atoms with van der Waals surface area (Å²) < 4.78 is 10.5. The van der Waals surface area contributed by atoms with Crippen LogP contribution in [0.25, 0.3) is 6.08 Å². The Morgan fingerprint density at radius 2 is 1.68 bits per heavy atom. The van der Waals surface area contributed by atoms with Gasteiger partial charge in [-0.25, -0.2) is 4.99 Å². The maximum Gasteiger partial charge on any atom is 0.275 e. The molecule has 5 nitrogen and oxygen atoms in total. The first-order valence-corrected chi connectivity index (χ1v) is 8.06. The number of nitrogens with zero attached hydrogens (tertiary/aromatic N) is 1. The number of amidine groups is 1. The van der Waals surface area contributed by atoms with Crippen LogP contribution in [0, 0.1) is 0 Å². The van der Waals surface area contributed by atoms with Crippen LogP contribution in [0.1, 0.15) is 11.1 Å². The van der Waals surface area contributed by atoms with Gasteiger partial charge < -0.3 is 14.8 Å². The molecular weight excluding hydrogens is 363 g/mol. The number of carbonyl (C=O) groups excluding carboxylic acids is 1. The van der Waals surface area contributed by atoms with Crippen LogP contribution in [0.4, 0.5) is 0 Å². The van der Waals surface area contributed by atoms with Gasteiger partial charge in [-0.15, -0.1) is 0 Å². The average molecular weight is 377 g/mol. The summed E-state index contributed by atoms with van der Waals surface area (Å²) >= 11 is 11.9. The van der Waals surface area contributed by atoms with Crippen molar-refractivity contribution < 1.29 is 14.3 Å². The number of carbonyl (C=O) groups is 1. The Bertz CT molecular complexity index is 885. The van der Waals surface area contributed by atoms with Gasteiger partial charge >= 0.3 is 0 Å². The minimum absolute atomic E-state index is 0.273. The summed E-state index contributed by atoms with van der Waals surface area (Å²) in [5.74, 6) is 1.33. The fraction of sp³-hybridized carbons (Fsp3) is 0.111. The second-order valence-corrected chi connectivity index (χ2v) is 6.03. The molecule has 0 unspecified atom stereocenters. The zero-order chi connectivity index (χ0) is 18.0. The smallest absolute Gasteiger partial charge is 0.275 e. The molecule has 3 rings (SSSR count). The third kappa shape index (κ3) is 3.78. The summed E-state index contributed by atoms with van der Waals surface area (Å²) in [4.78, 5) is 16.6. The number of benzene rings is 2. The third-order valence-corrected chi connectivity index (χ3v) is 4.31. The molecule has 1 aliphatic rings. The molecule has 2 aromatic rings. The van der Waals surface area contributed by atoms with Crippen LogP contribution in [0.5, 0.6) is 11.5 Å². The number of halogens is 2. The molecule has 2 aromatic carbocycles. The topological polar surface area (TPSA) is 59.9 Å². The van der Waals surface area contributed by atoms with E-state index in [-0.39, 0.29) is 11.6 Å². The van der Waals surface area contributed by atoms with Crippen LogP contribution in [-0.4, -0.2) is 26.0 Å². The van der Waals surface area contributed by atoms with Gasteiger partial charge in [-0.1, -0.05) is 29.3 Å². The van der Waals surface area contributed by atoms with Crippen LogP contribution in [0.15, 0.2) is 47.1 Å². The predicted molar refractivity (Wildman–Crippen MR) is 98.7 cm³/mol. The molecule has 1 heterocycles. The monoisotopic (exact) mass is 376 g/mol. The van der Waals surface area contributed by atoms with E-state index in [0.717, 1.165) is 5.56 Å². The molecular formula is C18H14Cl2N2O3. The molecule has 128 valence electrons. The van der Waals surface area contributed by atoms with Crippen molar-refractivity contribution >= 4 is 41.0 Å². The SMILES string of the molecule is COc1cc(OC)cc(C2=N/C(=C/c3ccc(Cl)c(Cl)c3)C(=O)N2)c1. The van der Waals surface area contributed by atoms with E-state index in [4.69, 9.17) is 32.7 Å². The predicted octanol–water partition coefficient (Wildman–Crippen LogP) is 3.93. The van der Waals surface area contributed by atoms with Gasteiger partial charge in [-0.2, -0.15) is 0 Å². The van der Waals surface area contributed by atoms with Crippen LogP contribution in [0.2, 0.25) is 10.0 Å². The highest BCUT2D eigenvalue weighted by Gasteiger charge is 2.22. The molecule has 25 heavy (non-hydrogen) atoms. The number of amides is 1. The van der Waals surface area contributed by atoms with Crippen LogP contribution >= 0.6 is 23.2 Å². The van der Waals surface area contributed by atoms with E-state index < -0.39 is 0 Å². The van der Waals surface area contributed by atoms with Crippen LogP contribution in [0.3, 0.4) is 0 Å². The van der Waals surface area contributed by atoms with Gasteiger partial charge in [0.1, 0.15) is 23.0 Å². The molecule has 1 aliphatic heterocycles. The molecule has 0 spiro atoms. The van der Waals surface area contributed by atoms with Gasteiger partial charge in [0, 0.05) is 11.6 Å². The molecule has 0 fully saturated rings. The summed E-state index contributed by atoms with van der Waals surface area (Å²) in [6.07, 6.45) is 1.64. The second kappa shape index (κ2) is 7.17. The summed E-state index contributed by atoms with van der Waals surface area (Å²) in [5, 5.41) is 3.61. The van der Waals surface area contributed by atoms with Crippen molar-refractivity contribution in [1.29, 1.82) is 0 Å². The van der Waals surface area contributed by atoms with Gasteiger partial charge in [0.2, 0.25) is 0 Å². The molecule has 0 atom stereocenters. The number of ether oxygens (including phenoxy) is 2. The Morgan fingerprint density at radius 3 is 2.28 bits per heavy atom. The van der Waals surface area contributed by atoms with Crippen molar-refractivity contribution in [3.63, 3.8) is 0 Å². The quantitative estimate of drug-likeness (QED) is 0.822. The molecule has 0 aliphatic carbocycles. The van der Waals surface area contributed by atoms with Gasteiger partial charge in [0.05, 0.1) is 24.3 Å². The number of aliphatic imine (C=N–C) groups is 1. The Labute approximate surface area is 154 Å². The molecule has 7 heteroatoms. The highest BCUT2D eigenvalue weighted by molar-refractivity contribution is 6.42. The lowest BCUT2D eigenvalue weighted by atomic mass is 10.2. The molecule has 0 saturated carbocycles. The lowest BCUT2D eigenvalue weighted by Gasteiger charge is -2.08. The van der Waals surface area contributed by atoms with Crippen molar-refractivity contribution in [2.45, 2.75) is 0 Å². The Kier molecular flexibility index (Phi) is 4.97. The van der Waals surface area contributed by atoms with Gasteiger partial charge in [0.25, 0.3) is 5.91 Å².